The zero-order valence-electron chi connectivity index (χ0n) is 10.6. The molecule has 1 aromatic carbocycles. The highest BCUT2D eigenvalue weighted by atomic mass is 16.5. The Labute approximate surface area is 104 Å². The second-order valence-corrected chi connectivity index (χ2v) is 3.75. The number of nitrogens with zero attached hydrogens (tertiary/aromatic N) is 2. The molecule has 1 heterocycles. The van der Waals surface area contributed by atoms with Gasteiger partial charge in [-0.25, -0.2) is 0 Å². The van der Waals surface area contributed by atoms with Gasteiger partial charge in [-0.15, -0.1) is 0 Å². The van der Waals surface area contributed by atoms with E-state index in [1.165, 1.54) is 7.11 Å². The Kier molecular flexibility index (Phi) is 3.10. The van der Waals surface area contributed by atoms with E-state index in [-0.39, 0.29) is 5.69 Å². The Morgan fingerprint density at radius 3 is 2.44 bits per heavy atom. The Morgan fingerprint density at radius 1 is 1.33 bits per heavy atom. The lowest BCUT2D eigenvalue weighted by molar-refractivity contribution is 0.0996. The molecule has 0 saturated carbocycles. The van der Waals surface area contributed by atoms with Crippen LogP contribution in [0.15, 0.2) is 12.1 Å². The van der Waals surface area contributed by atoms with Gasteiger partial charge in [-0.2, -0.15) is 5.10 Å². The van der Waals surface area contributed by atoms with Gasteiger partial charge >= 0.3 is 0 Å². The first-order valence-electron chi connectivity index (χ1n) is 5.54. The summed E-state index contributed by atoms with van der Waals surface area (Å²) in [4.78, 5) is 11.4. The minimum Gasteiger partial charge on any atom is -0.493 e. The number of amides is 1. The van der Waals surface area contributed by atoms with Crippen LogP contribution in [0.25, 0.3) is 10.9 Å². The standard InChI is InChI=1S/C12H15N3O3/c1-4-15-8-6-10(18-3)9(17-2)5-7(8)11(14-15)12(13)16/h5-6H,4H2,1-3H3,(H2,13,16). The number of benzene rings is 1. The van der Waals surface area contributed by atoms with Crippen molar-refractivity contribution in [3.05, 3.63) is 17.8 Å². The third-order valence-electron chi connectivity index (χ3n) is 2.79. The van der Waals surface area contributed by atoms with Gasteiger partial charge in [-0.1, -0.05) is 0 Å². The monoisotopic (exact) mass is 249 g/mol. The van der Waals surface area contributed by atoms with Crippen LogP contribution >= 0.6 is 0 Å². The van der Waals surface area contributed by atoms with Crippen LogP contribution in [0.1, 0.15) is 17.4 Å². The minimum atomic E-state index is -0.556. The van der Waals surface area contributed by atoms with E-state index < -0.39 is 5.91 Å². The lowest BCUT2D eigenvalue weighted by Crippen LogP contribution is -2.12. The average molecular weight is 249 g/mol. The Morgan fingerprint density at radius 2 is 1.94 bits per heavy atom. The number of hydrogen-bond acceptors (Lipinski definition) is 4. The number of primary amides is 1. The van der Waals surface area contributed by atoms with E-state index in [2.05, 4.69) is 5.10 Å². The van der Waals surface area contributed by atoms with Gasteiger partial charge < -0.3 is 15.2 Å². The van der Waals surface area contributed by atoms with Gasteiger partial charge in [-0.05, 0) is 13.0 Å². The van der Waals surface area contributed by atoms with E-state index in [9.17, 15) is 4.79 Å². The summed E-state index contributed by atoms with van der Waals surface area (Å²) in [7, 11) is 3.10. The Hall–Kier alpha value is -2.24. The van der Waals surface area contributed by atoms with Crippen molar-refractivity contribution in [3.8, 4) is 11.5 Å². The van der Waals surface area contributed by atoms with E-state index in [1.54, 1.807) is 23.9 Å². The summed E-state index contributed by atoms with van der Waals surface area (Å²) >= 11 is 0. The molecule has 0 saturated heterocycles. The van der Waals surface area contributed by atoms with Crippen LogP contribution < -0.4 is 15.2 Å². The molecule has 0 atom stereocenters. The SMILES string of the molecule is CCn1nc(C(N)=O)c2cc(OC)c(OC)cc21. The molecular formula is C12H15N3O3. The van der Waals surface area contributed by atoms with E-state index >= 15 is 0 Å². The molecule has 0 unspecified atom stereocenters. The molecule has 0 fully saturated rings. The van der Waals surface area contributed by atoms with E-state index in [0.29, 0.717) is 23.4 Å². The highest BCUT2D eigenvalue weighted by Crippen LogP contribution is 2.33. The Bertz CT molecular complexity index is 604. The van der Waals surface area contributed by atoms with Crippen molar-refractivity contribution in [2.24, 2.45) is 5.73 Å². The predicted molar refractivity (Wildman–Crippen MR) is 67.0 cm³/mol. The summed E-state index contributed by atoms with van der Waals surface area (Å²) in [6, 6.07) is 3.50. The van der Waals surface area contributed by atoms with Crippen molar-refractivity contribution < 1.29 is 14.3 Å². The van der Waals surface area contributed by atoms with Crippen LogP contribution in [0.2, 0.25) is 0 Å². The molecule has 1 aromatic heterocycles. The first-order valence-corrected chi connectivity index (χ1v) is 5.54. The Balaban J connectivity index is 2.80. The maximum atomic E-state index is 11.4. The molecule has 0 aliphatic rings. The predicted octanol–water partition coefficient (Wildman–Crippen LogP) is 1.17. The number of nitrogens with two attached hydrogens (primary N) is 1. The second-order valence-electron chi connectivity index (χ2n) is 3.75. The number of hydrogen-bond donors (Lipinski definition) is 1. The van der Waals surface area contributed by atoms with Gasteiger partial charge in [0.2, 0.25) is 0 Å². The van der Waals surface area contributed by atoms with Crippen LogP contribution in [0.4, 0.5) is 0 Å². The molecule has 2 rings (SSSR count). The number of fused-ring (bicyclic) bond motifs is 1. The van der Waals surface area contributed by atoms with Crippen molar-refractivity contribution in [2.45, 2.75) is 13.5 Å². The molecule has 0 aliphatic heterocycles. The third-order valence-corrected chi connectivity index (χ3v) is 2.79. The summed E-state index contributed by atoms with van der Waals surface area (Å²) in [5.74, 6) is 0.582. The fourth-order valence-electron chi connectivity index (χ4n) is 1.92. The number of aromatic nitrogens is 2. The fraction of sp³-hybridized carbons (Fsp3) is 0.333. The number of rotatable bonds is 4. The molecule has 6 nitrogen and oxygen atoms in total. The van der Waals surface area contributed by atoms with Crippen LogP contribution in [-0.2, 0) is 6.54 Å². The zero-order chi connectivity index (χ0) is 13.3. The van der Waals surface area contributed by atoms with Crippen molar-refractivity contribution in [2.75, 3.05) is 14.2 Å². The van der Waals surface area contributed by atoms with Crippen LogP contribution in [0.5, 0.6) is 11.5 Å². The van der Waals surface area contributed by atoms with Crippen LogP contribution in [0.3, 0.4) is 0 Å². The molecule has 0 spiro atoms. The first kappa shape index (κ1) is 12.2. The highest BCUT2D eigenvalue weighted by Gasteiger charge is 2.17. The number of ether oxygens (including phenoxy) is 2. The molecule has 18 heavy (non-hydrogen) atoms. The molecule has 96 valence electrons. The van der Waals surface area contributed by atoms with Gasteiger partial charge in [-0.3, -0.25) is 9.48 Å². The number of carbonyl (C=O) groups excluding carboxylic acids is 1. The molecule has 2 aromatic rings. The van der Waals surface area contributed by atoms with Gasteiger partial charge in [0.25, 0.3) is 5.91 Å². The van der Waals surface area contributed by atoms with Crippen molar-refractivity contribution in [3.63, 3.8) is 0 Å². The van der Waals surface area contributed by atoms with Crippen LogP contribution in [-0.4, -0.2) is 29.9 Å². The summed E-state index contributed by atoms with van der Waals surface area (Å²) in [6.07, 6.45) is 0. The largest absolute Gasteiger partial charge is 0.493 e. The summed E-state index contributed by atoms with van der Waals surface area (Å²) in [5, 5.41) is 4.86. The smallest absolute Gasteiger partial charge is 0.269 e. The molecule has 1 amide bonds. The molecule has 0 radical (unpaired) electrons. The minimum absolute atomic E-state index is 0.243. The van der Waals surface area contributed by atoms with Gasteiger partial charge in [0.1, 0.15) is 0 Å². The number of methoxy groups -OCH3 is 2. The highest BCUT2D eigenvalue weighted by molar-refractivity contribution is 6.04. The van der Waals surface area contributed by atoms with E-state index in [1.807, 2.05) is 6.92 Å². The number of carbonyl (C=O) groups is 1. The lowest BCUT2D eigenvalue weighted by atomic mass is 10.2. The molecule has 0 bridgehead atoms. The number of aryl methyl sites for hydroxylation is 1. The zero-order valence-corrected chi connectivity index (χ0v) is 10.6. The normalized spacial score (nSPS) is 10.6. The lowest BCUT2D eigenvalue weighted by Gasteiger charge is -2.08. The maximum absolute atomic E-state index is 11.4. The summed E-state index contributed by atoms with van der Waals surface area (Å²) < 4.78 is 12.1. The quantitative estimate of drug-likeness (QED) is 0.882. The van der Waals surface area contributed by atoms with E-state index in [4.69, 9.17) is 15.2 Å². The second kappa shape index (κ2) is 4.56. The summed E-state index contributed by atoms with van der Waals surface area (Å²) in [6.45, 7) is 2.58. The maximum Gasteiger partial charge on any atom is 0.269 e. The molecule has 6 heteroatoms. The summed E-state index contributed by atoms with van der Waals surface area (Å²) in [5.41, 5.74) is 6.36. The fourth-order valence-corrected chi connectivity index (χ4v) is 1.92. The molecular weight excluding hydrogens is 234 g/mol. The van der Waals surface area contributed by atoms with Crippen molar-refractivity contribution in [1.29, 1.82) is 0 Å². The first-order chi connectivity index (χ1) is 8.62. The van der Waals surface area contributed by atoms with Crippen LogP contribution in [0, 0.1) is 0 Å². The van der Waals surface area contributed by atoms with Gasteiger partial charge in [0, 0.05) is 18.0 Å². The van der Waals surface area contributed by atoms with Crippen molar-refractivity contribution >= 4 is 16.8 Å². The topological polar surface area (TPSA) is 79.4 Å². The van der Waals surface area contributed by atoms with Gasteiger partial charge in [0.05, 0.1) is 19.7 Å². The van der Waals surface area contributed by atoms with E-state index in [0.717, 1.165) is 5.52 Å². The molecule has 2 N–H and O–H groups in total. The van der Waals surface area contributed by atoms with Crippen molar-refractivity contribution in [1.82, 2.24) is 9.78 Å². The average Bonchev–Trinajstić information content (AvgIpc) is 2.74. The molecule has 0 aliphatic carbocycles. The third kappa shape index (κ3) is 1.75. The van der Waals surface area contributed by atoms with Gasteiger partial charge in [0.15, 0.2) is 17.2 Å².